The first-order valence-corrected chi connectivity index (χ1v) is 12.2. The molecular formula is C28H27F4N3O3. The summed E-state index contributed by atoms with van der Waals surface area (Å²) in [7, 11) is 1.53. The van der Waals surface area contributed by atoms with Crippen molar-refractivity contribution in [2.45, 2.75) is 32.1 Å². The molecule has 4 rings (SSSR count). The molecule has 1 amide bonds. The normalized spacial score (nSPS) is 15.1. The molecule has 1 fully saturated rings. The molecule has 2 N–H and O–H groups in total. The summed E-state index contributed by atoms with van der Waals surface area (Å²) < 4.78 is 60.5. The maximum atomic E-state index is 14.7. The molecule has 1 saturated heterocycles. The van der Waals surface area contributed by atoms with Crippen LogP contribution in [-0.2, 0) is 11.2 Å². The Morgan fingerprint density at radius 2 is 1.92 bits per heavy atom. The van der Waals surface area contributed by atoms with Gasteiger partial charge >= 0.3 is 0 Å². The van der Waals surface area contributed by atoms with Crippen molar-refractivity contribution in [3.63, 3.8) is 0 Å². The Balaban J connectivity index is 1.41. The number of fused-ring (bicyclic) bond motifs is 1. The minimum Gasteiger partial charge on any atom is -0.497 e. The smallest absolute Gasteiger partial charge is 0.249 e. The van der Waals surface area contributed by atoms with Crippen molar-refractivity contribution < 1.29 is 32.3 Å². The molecule has 10 heteroatoms. The number of halogens is 4. The van der Waals surface area contributed by atoms with Gasteiger partial charge in [0.25, 0.3) is 0 Å². The van der Waals surface area contributed by atoms with Gasteiger partial charge in [0.15, 0.2) is 11.6 Å². The lowest BCUT2D eigenvalue weighted by Gasteiger charge is -2.39. The monoisotopic (exact) mass is 529 g/mol. The number of hydrogen-bond acceptors (Lipinski definition) is 5. The van der Waals surface area contributed by atoms with Crippen LogP contribution in [0.15, 0.2) is 36.5 Å². The van der Waals surface area contributed by atoms with E-state index in [1.807, 2.05) is 4.90 Å². The molecule has 1 aliphatic rings. The van der Waals surface area contributed by atoms with Gasteiger partial charge in [-0.3, -0.25) is 19.9 Å². The molecule has 38 heavy (non-hydrogen) atoms. The summed E-state index contributed by atoms with van der Waals surface area (Å²) in [6.45, 7) is 1.14. The molecule has 0 saturated carbocycles. The van der Waals surface area contributed by atoms with Crippen molar-refractivity contribution in [3.05, 3.63) is 70.9 Å². The Morgan fingerprint density at radius 1 is 1.16 bits per heavy atom. The number of carbonyl (C=O) groups excluding carboxylic acids is 1. The van der Waals surface area contributed by atoms with Crippen LogP contribution in [0.25, 0.3) is 10.9 Å². The van der Waals surface area contributed by atoms with Crippen LogP contribution >= 0.6 is 0 Å². The summed E-state index contributed by atoms with van der Waals surface area (Å²) >= 11 is 0. The van der Waals surface area contributed by atoms with Crippen molar-refractivity contribution in [2.24, 2.45) is 5.41 Å². The molecule has 200 valence electrons. The van der Waals surface area contributed by atoms with Crippen LogP contribution in [0.5, 0.6) is 5.75 Å². The van der Waals surface area contributed by atoms with Crippen LogP contribution in [0.2, 0.25) is 0 Å². The van der Waals surface area contributed by atoms with Crippen molar-refractivity contribution in [1.29, 1.82) is 0 Å². The van der Waals surface area contributed by atoms with Crippen LogP contribution < -0.4 is 10.2 Å². The highest BCUT2D eigenvalue weighted by atomic mass is 19.2. The predicted molar refractivity (Wildman–Crippen MR) is 132 cm³/mol. The van der Waals surface area contributed by atoms with Crippen LogP contribution in [0.4, 0.5) is 17.6 Å². The number of carbonyl (C=O) groups is 1. The highest BCUT2D eigenvalue weighted by Crippen LogP contribution is 2.37. The number of amides is 1. The minimum absolute atomic E-state index is 0.213. The number of aryl methyl sites for hydroxylation is 1. The Morgan fingerprint density at radius 3 is 2.63 bits per heavy atom. The number of rotatable bonds is 7. The molecule has 0 spiro atoms. The molecule has 3 aromatic rings. The van der Waals surface area contributed by atoms with Gasteiger partial charge in [-0.25, -0.2) is 23.0 Å². The molecule has 0 bridgehead atoms. The van der Waals surface area contributed by atoms with Gasteiger partial charge in [0.05, 0.1) is 36.3 Å². The lowest BCUT2D eigenvalue weighted by molar-refractivity contribution is -0.143. The largest absolute Gasteiger partial charge is 0.497 e. The molecule has 0 unspecified atom stereocenters. The summed E-state index contributed by atoms with van der Waals surface area (Å²) in [5, 5.41) is 10.0. The Labute approximate surface area is 217 Å². The molecule has 1 aliphatic heterocycles. The van der Waals surface area contributed by atoms with E-state index in [9.17, 15) is 27.6 Å². The number of likely N-dealkylation sites (tertiary alicyclic amines) is 1. The molecule has 1 aromatic heterocycles. The fourth-order valence-corrected chi connectivity index (χ4v) is 4.93. The van der Waals surface area contributed by atoms with E-state index in [2.05, 4.69) is 16.8 Å². The quantitative estimate of drug-likeness (QED) is 0.152. The molecular weight excluding hydrogens is 502 g/mol. The third-order valence-electron chi connectivity index (χ3n) is 7.13. The van der Waals surface area contributed by atoms with Gasteiger partial charge in [-0.2, -0.15) is 0 Å². The van der Waals surface area contributed by atoms with Crippen LogP contribution in [-0.4, -0.2) is 47.7 Å². The third-order valence-corrected chi connectivity index (χ3v) is 7.13. The SMILES string of the molecule is COc1ccc2ncc(F)c(CCCC3(C(=O)NO)CCN(CC#Cc4cc(F)cc(F)c4F)CC3)c2c1. The zero-order valence-corrected chi connectivity index (χ0v) is 20.8. The average Bonchev–Trinajstić information content (AvgIpc) is 2.92. The van der Waals surface area contributed by atoms with E-state index in [4.69, 9.17) is 4.74 Å². The van der Waals surface area contributed by atoms with Crippen molar-refractivity contribution >= 4 is 16.8 Å². The Hall–Kier alpha value is -3.68. The van der Waals surface area contributed by atoms with Gasteiger partial charge in [-0.05, 0) is 61.9 Å². The molecule has 0 atom stereocenters. The van der Waals surface area contributed by atoms with Gasteiger partial charge in [-0.1, -0.05) is 11.8 Å². The van der Waals surface area contributed by atoms with Crippen molar-refractivity contribution in [1.82, 2.24) is 15.4 Å². The Bertz CT molecular complexity index is 1400. The maximum Gasteiger partial charge on any atom is 0.249 e. The molecule has 0 aliphatic carbocycles. The third kappa shape index (κ3) is 5.90. The van der Waals surface area contributed by atoms with E-state index < -0.39 is 34.6 Å². The van der Waals surface area contributed by atoms with Gasteiger partial charge in [-0.15, -0.1) is 0 Å². The first-order valence-electron chi connectivity index (χ1n) is 12.2. The van der Waals surface area contributed by atoms with Gasteiger partial charge in [0.1, 0.15) is 17.4 Å². The van der Waals surface area contributed by atoms with Gasteiger partial charge in [0.2, 0.25) is 5.91 Å². The van der Waals surface area contributed by atoms with Crippen LogP contribution in [0.3, 0.4) is 0 Å². The number of methoxy groups -OCH3 is 1. The number of benzene rings is 2. The summed E-state index contributed by atoms with van der Waals surface area (Å²) in [4.78, 5) is 18.7. The highest BCUT2D eigenvalue weighted by Gasteiger charge is 2.40. The van der Waals surface area contributed by atoms with E-state index in [-0.39, 0.29) is 12.1 Å². The predicted octanol–water partition coefficient (Wildman–Crippen LogP) is 4.76. The number of hydrogen-bond donors (Lipinski definition) is 2. The van der Waals surface area contributed by atoms with Gasteiger partial charge in [0, 0.05) is 24.5 Å². The van der Waals surface area contributed by atoms with E-state index in [1.54, 1.807) is 23.7 Å². The molecule has 2 aromatic carbocycles. The zero-order valence-electron chi connectivity index (χ0n) is 20.8. The number of ether oxygens (including phenoxy) is 1. The van der Waals surface area contributed by atoms with Crippen molar-refractivity contribution in [2.75, 3.05) is 26.7 Å². The highest BCUT2D eigenvalue weighted by molar-refractivity contribution is 5.84. The summed E-state index contributed by atoms with van der Waals surface area (Å²) in [5.41, 5.74) is 1.69. The van der Waals surface area contributed by atoms with Crippen LogP contribution in [0.1, 0.15) is 36.8 Å². The van der Waals surface area contributed by atoms with Crippen molar-refractivity contribution in [3.8, 4) is 17.6 Å². The number of nitrogens with one attached hydrogen (secondary N) is 1. The number of pyridine rings is 1. The summed E-state index contributed by atoms with van der Waals surface area (Å²) in [6, 6.07) is 6.54. The fourth-order valence-electron chi connectivity index (χ4n) is 4.93. The van der Waals surface area contributed by atoms with Crippen LogP contribution in [0, 0.1) is 40.5 Å². The molecule has 6 nitrogen and oxygen atoms in total. The number of hydroxylamine groups is 1. The first kappa shape index (κ1) is 27.4. The Kier molecular flexibility index (Phi) is 8.49. The lowest BCUT2D eigenvalue weighted by Crippen LogP contribution is -2.48. The second kappa shape index (κ2) is 11.8. The molecule has 2 heterocycles. The lowest BCUT2D eigenvalue weighted by atomic mass is 9.73. The van der Waals surface area contributed by atoms with Gasteiger partial charge < -0.3 is 4.74 Å². The topological polar surface area (TPSA) is 74.7 Å². The minimum atomic E-state index is -1.30. The maximum absolute atomic E-state index is 14.7. The van der Waals surface area contributed by atoms with E-state index in [0.717, 1.165) is 6.07 Å². The number of aromatic nitrogens is 1. The molecule has 0 radical (unpaired) electrons. The second-order valence-electron chi connectivity index (χ2n) is 9.37. The fraction of sp³-hybridized carbons (Fsp3) is 0.357. The number of piperidine rings is 1. The standard InChI is InChI=1S/C28H27F4N3O3/c1-38-20-6-7-25-22(16-20)21(24(31)17-33-25)5-2-8-28(27(36)34-37)9-12-35(13-10-28)11-3-4-18-14-19(29)15-23(30)26(18)32/h6-7,14-17,37H,2,5,8-13H2,1H3,(H,34,36). The number of nitrogens with zero attached hydrogens (tertiary/aromatic N) is 2. The van der Waals surface area contributed by atoms with E-state index in [1.165, 1.54) is 13.3 Å². The van der Waals surface area contributed by atoms with E-state index in [0.29, 0.717) is 73.5 Å². The first-order chi connectivity index (χ1) is 18.3. The average molecular weight is 530 g/mol. The summed E-state index contributed by atoms with van der Waals surface area (Å²) in [6.07, 6.45) is 3.28. The summed E-state index contributed by atoms with van der Waals surface area (Å²) in [5.74, 6) is 1.43. The zero-order chi connectivity index (χ0) is 27.3. The van der Waals surface area contributed by atoms with E-state index >= 15 is 0 Å². The second-order valence-corrected chi connectivity index (χ2v) is 9.37.